The van der Waals surface area contributed by atoms with Crippen molar-refractivity contribution in [1.29, 1.82) is 0 Å². The number of hydrogen-bond donors (Lipinski definition) is 1. The predicted octanol–water partition coefficient (Wildman–Crippen LogP) is 1.70. The number of aromatic nitrogens is 4. The Kier molecular flexibility index (Phi) is 3.81. The van der Waals surface area contributed by atoms with Crippen molar-refractivity contribution >= 4 is 0 Å². The molecule has 5 nitrogen and oxygen atoms in total. The summed E-state index contributed by atoms with van der Waals surface area (Å²) in [6, 6.07) is 2.02. The van der Waals surface area contributed by atoms with E-state index in [2.05, 4.69) is 17.1 Å². The van der Waals surface area contributed by atoms with Gasteiger partial charge < -0.3 is 5.11 Å². The Labute approximate surface area is 107 Å². The summed E-state index contributed by atoms with van der Waals surface area (Å²) in [7, 11) is 0. The predicted molar refractivity (Wildman–Crippen MR) is 69.2 cm³/mol. The second-order valence-corrected chi connectivity index (χ2v) is 4.44. The minimum Gasteiger partial charge on any atom is -0.388 e. The van der Waals surface area contributed by atoms with E-state index in [1.807, 2.05) is 35.5 Å². The Hall–Kier alpha value is -1.62. The van der Waals surface area contributed by atoms with Crippen LogP contribution in [0.3, 0.4) is 0 Å². The molecule has 98 valence electrons. The van der Waals surface area contributed by atoms with E-state index in [-0.39, 0.29) is 0 Å². The highest BCUT2D eigenvalue weighted by atomic mass is 16.3. The number of rotatable bonds is 5. The smallest absolute Gasteiger partial charge is 0.0875 e. The van der Waals surface area contributed by atoms with Crippen molar-refractivity contribution in [3.8, 4) is 0 Å². The van der Waals surface area contributed by atoms with E-state index in [4.69, 9.17) is 0 Å². The van der Waals surface area contributed by atoms with Crippen LogP contribution in [-0.4, -0.2) is 24.7 Å². The van der Waals surface area contributed by atoms with Gasteiger partial charge >= 0.3 is 0 Å². The fourth-order valence-electron chi connectivity index (χ4n) is 2.08. The molecule has 0 amide bonds. The quantitative estimate of drug-likeness (QED) is 0.876. The van der Waals surface area contributed by atoms with Gasteiger partial charge in [0.15, 0.2) is 0 Å². The third-order valence-corrected chi connectivity index (χ3v) is 3.05. The topological polar surface area (TPSA) is 55.9 Å². The summed E-state index contributed by atoms with van der Waals surface area (Å²) in [6.07, 6.45) is 3.67. The monoisotopic (exact) mass is 248 g/mol. The minimum atomic E-state index is -0.522. The van der Waals surface area contributed by atoms with Crippen LogP contribution in [0.5, 0.6) is 0 Å². The van der Waals surface area contributed by atoms with Crippen molar-refractivity contribution in [3.63, 3.8) is 0 Å². The Morgan fingerprint density at radius 1 is 1.33 bits per heavy atom. The average Bonchev–Trinajstić information content (AvgIpc) is 2.95. The van der Waals surface area contributed by atoms with Crippen LogP contribution in [0.25, 0.3) is 0 Å². The third kappa shape index (κ3) is 2.61. The SMILES string of the molecule is CCn1cc(C(O)Cc2cc(C)nn2CC)cn1. The second kappa shape index (κ2) is 5.35. The molecule has 0 saturated heterocycles. The van der Waals surface area contributed by atoms with Crippen molar-refractivity contribution in [2.75, 3.05) is 0 Å². The molecule has 2 aromatic rings. The van der Waals surface area contributed by atoms with Gasteiger partial charge in [-0.2, -0.15) is 10.2 Å². The van der Waals surface area contributed by atoms with E-state index in [1.54, 1.807) is 6.20 Å². The first-order valence-corrected chi connectivity index (χ1v) is 6.37. The second-order valence-electron chi connectivity index (χ2n) is 4.44. The summed E-state index contributed by atoms with van der Waals surface area (Å²) in [5.41, 5.74) is 2.91. The number of nitrogens with zero attached hydrogens (tertiary/aromatic N) is 4. The standard InChI is InChI=1S/C13H20N4O/c1-4-16-9-11(8-14-16)13(18)7-12-6-10(3)15-17(12)5-2/h6,8-9,13,18H,4-5,7H2,1-3H3. The van der Waals surface area contributed by atoms with Crippen LogP contribution < -0.4 is 0 Å². The van der Waals surface area contributed by atoms with Gasteiger partial charge in [0.05, 0.1) is 18.0 Å². The van der Waals surface area contributed by atoms with Crippen molar-refractivity contribution in [1.82, 2.24) is 19.6 Å². The van der Waals surface area contributed by atoms with Crippen molar-refractivity contribution in [3.05, 3.63) is 35.4 Å². The van der Waals surface area contributed by atoms with E-state index in [0.29, 0.717) is 6.42 Å². The Morgan fingerprint density at radius 3 is 2.72 bits per heavy atom. The molecule has 0 fully saturated rings. The zero-order valence-corrected chi connectivity index (χ0v) is 11.2. The minimum absolute atomic E-state index is 0.522. The van der Waals surface area contributed by atoms with Gasteiger partial charge in [-0.1, -0.05) is 0 Å². The van der Waals surface area contributed by atoms with Crippen molar-refractivity contribution in [2.24, 2.45) is 0 Å². The van der Waals surface area contributed by atoms with Crippen LogP contribution in [0.1, 0.15) is 36.9 Å². The Bertz CT molecular complexity index is 515. The number of hydrogen-bond acceptors (Lipinski definition) is 3. The molecule has 0 bridgehead atoms. The first-order chi connectivity index (χ1) is 8.63. The lowest BCUT2D eigenvalue weighted by molar-refractivity contribution is 0.175. The van der Waals surface area contributed by atoms with Crippen molar-refractivity contribution < 1.29 is 5.11 Å². The van der Waals surface area contributed by atoms with E-state index < -0.39 is 6.10 Å². The largest absolute Gasteiger partial charge is 0.388 e. The number of aliphatic hydroxyl groups excluding tert-OH is 1. The van der Waals surface area contributed by atoms with Gasteiger partial charge in [-0.15, -0.1) is 0 Å². The maximum atomic E-state index is 10.2. The molecule has 1 unspecified atom stereocenters. The molecular weight excluding hydrogens is 228 g/mol. The molecule has 1 atom stereocenters. The Balaban J connectivity index is 2.12. The maximum Gasteiger partial charge on any atom is 0.0875 e. The normalized spacial score (nSPS) is 12.9. The first kappa shape index (κ1) is 12.8. The lowest BCUT2D eigenvalue weighted by atomic mass is 10.1. The zero-order chi connectivity index (χ0) is 13.1. The highest BCUT2D eigenvalue weighted by Gasteiger charge is 2.14. The molecule has 0 aromatic carbocycles. The van der Waals surface area contributed by atoms with E-state index in [9.17, 15) is 5.11 Å². The van der Waals surface area contributed by atoms with Crippen LogP contribution in [0.2, 0.25) is 0 Å². The highest BCUT2D eigenvalue weighted by Crippen LogP contribution is 2.18. The van der Waals surface area contributed by atoms with Gasteiger partial charge in [0.25, 0.3) is 0 Å². The summed E-state index contributed by atoms with van der Waals surface area (Å²) in [5.74, 6) is 0. The number of aryl methyl sites for hydroxylation is 3. The summed E-state index contributed by atoms with van der Waals surface area (Å²) >= 11 is 0. The molecule has 1 N–H and O–H groups in total. The summed E-state index contributed by atoms with van der Waals surface area (Å²) < 4.78 is 3.75. The van der Waals surface area contributed by atoms with Crippen LogP contribution in [0, 0.1) is 6.92 Å². The highest BCUT2D eigenvalue weighted by molar-refractivity contribution is 5.15. The summed E-state index contributed by atoms with van der Waals surface area (Å²) in [4.78, 5) is 0. The van der Waals surface area contributed by atoms with Crippen LogP contribution in [0.4, 0.5) is 0 Å². The molecule has 2 rings (SSSR count). The van der Waals surface area contributed by atoms with E-state index >= 15 is 0 Å². The number of aliphatic hydroxyl groups is 1. The van der Waals surface area contributed by atoms with Gasteiger partial charge in [-0.3, -0.25) is 9.36 Å². The van der Waals surface area contributed by atoms with Crippen LogP contribution in [-0.2, 0) is 19.5 Å². The molecule has 0 aliphatic heterocycles. The van der Waals surface area contributed by atoms with Gasteiger partial charge in [0, 0.05) is 37.0 Å². The lowest BCUT2D eigenvalue weighted by Gasteiger charge is -2.09. The van der Waals surface area contributed by atoms with Crippen molar-refractivity contribution in [2.45, 2.75) is 46.4 Å². The lowest BCUT2D eigenvalue weighted by Crippen LogP contribution is -2.08. The molecule has 2 heterocycles. The fourth-order valence-corrected chi connectivity index (χ4v) is 2.08. The van der Waals surface area contributed by atoms with E-state index in [0.717, 1.165) is 30.0 Å². The molecule has 18 heavy (non-hydrogen) atoms. The molecular formula is C13H20N4O. The average molecular weight is 248 g/mol. The molecule has 2 aromatic heterocycles. The first-order valence-electron chi connectivity index (χ1n) is 6.37. The molecule has 0 radical (unpaired) electrons. The molecule has 0 spiro atoms. The van der Waals surface area contributed by atoms with Crippen LogP contribution in [0.15, 0.2) is 18.5 Å². The van der Waals surface area contributed by atoms with Gasteiger partial charge in [0.1, 0.15) is 0 Å². The maximum absolute atomic E-state index is 10.2. The molecule has 0 aliphatic rings. The van der Waals surface area contributed by atoms with Gasteiger partial charge in [-0.05, 0) is 26.8 Å². The summed E-state index contributed by atoms with van der Waals surface area (Å²) in [6.45, 7) is 7.69. The van der Waals surface area contributed by atoms with Gasteiger partial charge in [-0.25, -0.2) is 0 Å². The van der Waals surface area contributed by atoms with Crippen LogP contribution >= 0.6 is 0 Å². The summed E-state index contributed by atoms with van der Waals surface area (Å²) in [5, 5.41) is 18.8. The zero-order valence-electron chi connectivity index (χ0n) is 11.2. The fraction of sp³-hybridized carbons (Fsp3) is 0.538. The van der Waals surface area contributed by atoms with E-state index in [1.165, 1.54) is 0 Å². The molecule has 0 saturated carbocycles. The Morgan fingerprint density at radius 2 is 2.11 bits per heavy atom. The van der Waals surface area contributed by atoms with Gasteiger partial charge in [0.2, 0.25) is 0 Å². The molecule has 0 aliphatic carbocycles. The molecule has 5 heteroatoms. The third-order valence-electron chi connectivity index (χ3n) is 3.05.